The summed E-state index contributed by atoms with van der Waals surface area (Å²) in [7, 11) is 2.01. The van der Waals surface area contributed by atoms with Gasteiger partial charge < -0.3 is 14.8 Å². The molecule has 2 aromatic rings. The molecule has 2 aromatic heterocycles. The predicted molar refractivity (Wildman–Crippen MR) is 91.2 cm³/mol. The van der Waals surface area contributed by atoms with E-state index in [1.165, 1.54) is 0 Å². The van der Waals surface area contributed by atoms with E-state index in [-0.39, 0.29) is 11.9 Å². The van der Waals surface area contributed by atoms with Gasteiger partial charge in [-0.3, -0.25) is 4.79 Å². The highest BCUT2D eigenvalue weighted by atomic mass is 16.2. The number of aromatic nitrogens is 3. The maximum absolute atomic E-state index is 12.4. The van der Waals surface area contributed by atoms with Crippen molar-refractivity contribution in [3.8, 4) is 6.07 Å². The molecule has 0 bridgehead atoms. The lowest BCUT2D eigenvalue weighted by atomic mass is 9.91. The van der Waals surface area contributed by atoms with E-state index in [2.05, 4.69) is 26.8 Å². The Labute approximate surface area is 141 Å². The van der Waals surface area contributed by atoms with Crippen molar-refractivity contribution < 1.29 is 4.79 Å². The highest BCUT2D eigenvalue weighted by Crippen LogP contribution is 2.29. The van der Waals surface area contributed by atoms with E-state index in [1.807, 2.05) is 30.3 Å². The molecule has 0 radical (unpaired) electrons. The molecule has 0 saturated carbocycles. The smallest absolute Gasteiger partial charge is 0.239 e. The average Bonchev–Trinajstić information content (AvgIpc) is 3.09. The number of hydrogen-bond acceptors (Lipinski definition) is 5. The van der Waals surface area contributed by atoms with Crippen LogP contribution in [-0.4, -0.2) is 51.9 Å². The fraction of sp³-hybridized carbons (Fsp3) is 0.529. The Kier molecular flexibility index (Phi) is 4.38. The Morgan fingerprint density at radius 3 is 3.08 bits per heavy atom. The molecule has 126 valence electrons. The molecule has 1 aliphatic rings. The number of fused-ring (bicyclic) bond motifs is 1. The summed E-state index contributed by atoms with van der Waals surface area (Å²) in [6.07, 6.45) is 4.32. The van der Waals surface area contributed by atoms with E-state index in [0.717, 1.165) is 23.3 Å². The third kappa shape index (κ3) is 2.80. The van der Waals surface area contributed by atoms with Crippen molar-refractivity contribution >= 4 is 22.8 Å². The minimum absolute atomic E-state index is 0.0859. The molecule has 3 atom stereocenters. The second-order valence-electron chi connectivity index (χ2n) is 6.52. The van der Waals surface area contributed by atoms with Crippen LogP contribution in [0.1, 0.15) is 20.3 Å². The first-order chi connectivity index (χ1) is 11.5. The topological polar surface area (TPSA) is 88.9 Å². The van der Waals surface area contributed by atoms with Crippen LogP contribution in [0.25, 0.3) is 11.0 Å². The van der Waals surface area contributed by atoms with E-state index >= 15 is 0 Å². The lowest BCUT2D eigenvalue weighted by Crippen LogP contribution is -2.53. The van der Waals surface area contributed by atoms with Crippen LogP contribution < -0.4 is 4.90 Å². The Morgan fingerprint density at radius 1 is 1.54 bits per heavy atom. The van der Waals surface area contributed by atoms with Gasteiger partial charge in [0, 0.05) is 26.3 Å². The summed E-state index contributed by atoms with van der Waals surface area (Å²) < 4.78 is 0. The van der Waals surface area contributed by atoms with Crippen molar-refractivity contribution in [1.82, 2.24) is 19.9 Å². The van der Waals surface area contributed by atoms with Crippen LogP contribution in [0.4, 0.5) is 5.82 Å². The van der Waals surface area contributed by atoms with Gasteiger partial charge in [0.25, 0.3) is 0 Å². The first-order valence-corrected chi connectivity index (χ1v) is 8.22. The molecule has 3 heterocycles. The van der Waals surface area contributed by atoms with Gasteiger partial charge >= 0.3 is 0 Å². The molecule has 3 rings (SSSR count). The van der Waals surface area contributed by atoms with E-state index < -0.39 is 5.92 Å². The van der Waals surface area contributed by atoms with E-state index in [9.17, 15) is 4.79 Å². The van der Waals surface area contributed by atoms with Gasteiger partial charge in [0.1, 0.15) is 23.7 Å². The van der Waals surface area contributed by atoms with Gasteiger partial charge in [0.2, 0.25) is 5.91 Å². The zero-order valence-electron chi connectivity index (χ0n) is 14.2. The van der Waals surface area contributed by atoms with Gasteiger partial charge in [-0.2, -0.15) is 5.26 Å². The van der Waals surface area contributed by atoms with Gasteiger partial charge in [-0.25, -0.2) is 9.97 Å². The van der Waals surface area contributed by atoms with Crippen LogP contribution >= 0.6 is 0 Å². The van der Waals surface area contributed by atoms with Crippen LogP contribution in [0.3, 0.4) is 0 Å². The number of rotatable bonds is 3. The third-order valence-corrected chi connectivity index (χ3v) is 4.96. The molecule has 0 unspecified atom stereocenters. The monoisotopic (exact) mass is 326 g/mol. The number of carbonyl (C=O) groups is 1. The van der Waals surface area contributed by atoms with Gasteiger partial charge in [0.15, 0.2) is 0 Å². The molecule has 1 saturated heterocycles. The molecule has 0 aliphatic carbocycles. The van der Waals surface area contributed by atoms with Gasteiger partial charge in [0.05, 0.1) is 17.5 Å². The molecule has 0 spiro atoms. The summed E-state index contributed by atoms with van der Waals surface area (Å²) in [6, 6.07) is 4.16. The lowest BCUT2D eigenvalue weighted by Gasteiger charge is -2.42. The van der Waals surface area contributed by atoms with Crippen LogP contribution in [0.2, 0.25) is 0 Å². The lowest BCUT2D eigenvalue weighted by molar-refractivity contribution is -0.135. The van der Waals surface area contributed by atoms with Crippen molar-refractivity contribution in [2.24, 2.45) is 11.8 Å². The zero-order valence-corrected chi connectivity index (χ0v) is 14.2. The van der Waals surface area contributed by atoms with Gasteiger partial charge in [-0.15, -0.1) is 0 Å². The summed E-state index contributed by atoms with van der Waals surface area (Å²) in [4.78, 5) is 28.1. The molecular weight excluding hydrogens is 304 g/mol. The summed E-state index contributed by atoms with van der Waals surface area (Å²) >= 11 is 0. The van der Waals surface area contributed by atoms with E-state index in [0.29, 0.717) is 19.0 Å². The molecule has 1 amide bonds. The zero-order chi connectivity index (χ0) is 17.3. The minimum atomic E-state index is -0.597. The first kappa shape index (κ1) is 16.2. The van der Waals surface area contributed by atoms with Crippen LogP contribution in [0, 0.1) is 23.2 Å². The SMILES string of the molecule is C[C@H](C#N)C(=O)N1CC[C@@H](C)[C@@H](N(C)c2ncnc3[nH]ccc23)C1. The molecule has 1 N–H and O–H groups in total. The first-order valence-electron chi connectivity index (χ1n) is 8.22. The molecule has 24 heavy (non-hydrogen) atoms. The normalized spacial score (nSPS) is 22.2. The molecule has 0 aromatic carbocycles. The Hall–Kier alpha value is -2.62. The molecule has 1 aliphatic heterocycles. The largest absolute Gasteiger partial charge is 0.354 e. The number of H-pyrrole nitrogens is 1. The highest BCUT2D eigenvalue weighted by Gasteiger charge is 2.34. The average molecular weight is 326 g/mol. The molecule has 1 fully saturated rings. The maximum Gasteiger partial charge on any atom is 0.239 e. The number of piperidine rings is 1. The van der Waals surface area contributed by atoms with Crippen LogP contribution in [0.5, 0.6) is 0 Å². The summed E-state index contributed by atoms with van der Waals surface area (Å²) in [5, 5.41) is 9.98. The van der Waals surface area contributed by atoms with Crippen LogP contribution in [-0.2, 0) is 4.79 Å². The minimum Gasteiger partial charge on any atom is -0.354 e. The standard InChI is InChI=1S/C17H22N6O/c1-11-5-7-23(17(24)12(2)8-18)9-14(11)22(3)16-13-4-6-19-15(13)20-10-21-16/h4,6,10-12,14H,5,7,9H2,1-3H3,(H,19,20,21)/t11-,12-,14+/m1/s1. The molecular formula is C17H22N6O. The number of likely N-dealkylation sites (N-methyl/N-ethyl adjacent to an activating group) is 1. The second kappa shape index (κ2) is 6.48. The number of nitriles is 1. The number of nitrogens with zero attached hydrogens (tertiary/aromatic N) is 5. The number of carbonyl (C=O) groups excluding carboxylic acids is 1. The highest BCUT2D eigenvalue weighted by molar-refractivity contribution is 5.87. The number of anilines is 1. The van der Waals surface area contributed by atoms with Crippen molar-refractivity contribution in [3.05, 3.63) is 18.6 Å². The van der Waals surface area contributed by atoms with Crippen LogP contribution in [0.15, 0.2) is 18.6 Å². The number of hydrogen-bond donors (Lipinski definition) is 1. The molecule has 7 nitrogen and oxygen atoms in total. The quantitative estimate of drug-likeness (QED) is 0.929. The fourth-order valence-corrected chi connectivity index (χ4v) is 3.38. The number of likely N-dealkylation sites (tertiary alicyclic amines) is 1. The maximum atomic E-state index is 12.4. The fourth-order valence-electron chi connectivity index (χ4n) is 3.38. The number of nitrogens with one attached hydrogen (secondary N) is 1. The Morgan fingerprint density at radius 2 is 2.33 bits per heavy atom. The summed E-state index contributed by atoms with van der Waals surface area (Å²) in [5.41, 5.74) is 0.807. The summed E-state index contributed by atoms with van der Waals surface area (Å²) in [6.45, 7) is 5.18. The predicted octanol–water partition coefficient (Wildman–Crippen LogP) is 1.79. The number of amides is 1. The van der Waals surface area contributed by atoms with Crippen molar-refractivity contribution in [3.63, 3.8) is 0 Å². The number of aromatic amines is 1. The second-order valence-corrected chi connectivity index (χ2v) is 6.52. The Balaban J connectivity index is 1.85. The summed E-state index contributed by atoms with van der Waals surface area (Å²) in [5.74, 6) is 0.609. The van der Waals surface area contributed by atoms with E-state index in [1.54, 1.807) is 13.3 Å². The third-order valence-electron chi connectivity index (χ3n) is 4.96. The molecule has 7 heteroatoms. The van der Waals surface area contributed by atoms with Crippen molar-refractivity contribution in [2.75, 3.05) is 25.0 Å². The van der Waals surface area contributed by atoms with Gasteiger partial charge in [-0.05, 0) is 25.3 Å². The van der Waals surface area contributed by atoms with Crippen molar-refractivity contribution in [1.29, 1.82) is 5.26 Å². The Bertz CT molecular complexity index is 779. The van der Waals surface area contributed by atoms with Gasteiger partial charge in [-0.1, -0.05) is 6.92 Å². The van der Waals surface area contributed by atoms with E-state index in [4.69, 9.17) is 5.26 Å². The van der Waals surface area contributed by atoms with Crippen molar-refractivity contribution in [2.45, 2.75) is 26.3 Å².